The highest BCUT2D eigenvalue weighted by atomic mass is 19.4. The van der Waals surface area contributed by atoms with Gasteiger partial charge >= 0.3 is 12.1 Å². The fourth-order valence-electron chi connectivity index (χ4n) is 3.40. The molecule has 33 heavy (non-hydrogen) atoms. The van der Waals surface area contributed by atoms with E-state index in [4.69, 9.17) is 21.4 Å². The molecule has 0 bridgehead atoms. The molecule has 2 aromatic carbocycles. The Hall–Kier alpha value is -3.47. The zero-order chi connectivity index (χ0) is 24.8. The number of carbonyl (C=O) groups is 3. The molecule has 0 aliphatic carbocycles. The molecule has 1 heterocycles. The summed E-state index contributed by atoms with van der Waals surface area (Å²) in [5.41, 5.74) is 14.1. The van der Waals surface area contributed by atoms with E-state index in [1.807, 2.05) is 24.3 Å². The van der Waals surface area contributed by atoms with Crippen LogP contribution in [0.5, 0.6) is 0 Å². The second kappa shape index (κ2) is 10.9. The number of nitrogens with zero attached hydrogens (tertiary/aromatic N) is 1. The molecule has 2 atom stereocenters. The fraction of sp³-hybridized carbons (Fsp3) is 0.318. The van der Waals surface area contributed by atoms with E-state index in [1.165, 1.54) is 11.0 Å². The fourth-order valence-corrected chi connectivity index (χ4v) is 3.40. The number of carboxylic acids is 1. The van der Waals surface area contributed by atoms with Crippen LogP contribution in [0.4, 0.5) is 17.6 Å². The van der Waals surface area contributed by atoms with E-state index in [9.17, 15) is 27.2 Å². The third-order valence-electron chi connectivity index (χ3n) is 5.02. The first-order chi connectivity index (χ1) is 15.4. The molecule has 1 aliphatic rings. The Morgan fingerprint density at radius 3 is 2.15 bits per heavy atom. The Bertz CT molecular complexity index is 1010. The van der Waals surface area contributed by atoms with Crippen LogP contribution in [0, 0.1) is 5.82 Å². The van der Waals surface area contributed by atoms with Gasteiger partial charge in [-0.1, -0.05) is 42.5 Å². The van der Waals surface area contributed by atoms with Crippen molar-refractivity contribution in [3.63, 3.8) is 0 Å². The number of primary amides is 1. The number of carbonyl (C=O) groups excluding carboxylic acids is 2. The zero-order valence-corrected chi connectivity index (χ0v) is 17.4. The first-order valence-corrected chi connectivity index (χ1v) is 9.84. The summed E-state index contributed by atoms with van der Waals surface area (Å²) in [5.74, 6) is -3.87. The van der Waals surface area contributed by atoms with Crippen LogP contribution < -0.4 is 11.5 Å². The second-order valence-electron chi connectivity index (χ2n) is 7.48. The number of benzene rings is 2. The number of nitrogens with two attached hydrogens (primary N) is 2. The number of halogens is 4. The molecule has 7 nitrogen and oxygen atoms in total. The summed E-state index contributed by atoms with van der Waals surface area (Å²) in [4.78, 5) is 35.0. The van der Waals surface area contributed by atoms with Gasteiger partial charge in [0.25, 0.3) is 0 Å². The normalized spacial score (nSPS) is 16.2. The lowest BCUT2D eigenvalue weighted by Gasteiger charge is -2.35. The van der Waals surface area contributed by atoms with E-state index >= 15 is 0 Å². The van der Waals surface area contributed by atoms with Gasteiger partial charge in [0.1, 0.15) is 11.9 Å². The summed E-state index contributed by atoms with van der Waals surface area (Å²) in [6, 6.07) is 12.8. The average Bonchev–Trinajstić information content (AvgIpc) is 2.74. The maximum atomic E-state index is 13.8. The summed E-state index contributed by atoms with van der Waals surface area (Å²) in [7, 11) is 0. The van der Waals surface area contributed by atoms with Gasteiger partial charge in [0.15, 0.2) is 0 Å². The van der Waals surface area contributed by atoms with Gasteiger partial charge in [-0.05, 0) is 29.2 Å². The van der Waals surface area contributed by atoms with Gasteiger partial charge in [-0.25, -0.2) is 9.18 Å². The molecular weight excluding hydrogens is 446 g/mol. The van der Waals surface area contributed by atoms with Crippen LogP contribution in [0.1, 0.15) is 23.1 Å². The van der Waals surface area contributed by atoms with Crippen LogP contribution in [-0.4, -0.2) is 46.1 Å². The average molecular weight is 469 g/mol. The number of carboxylic acid groups (broad SMARTS) is 1. The quantitative estimate of drug-likeness (QED) is 0.579. The molecule has 3 rings (SSSR count). The molecule has 2 amide bonds. The van der Waals surface area contributed by atoms with Gasteiger partial charge < -0.3 is 21.5 Å². The highest BCUT2D eigenvalue weighted by Crippen LogP contribution is 2.24. The molecule has 11 heteroatoms. The first-order valence-electron chi connectivity index (χ1n) is 9.84. The molecule has 0 fully saturated rings. The molecule has 1 aliphatic heterocycles. The predicted octanol–water partition coefficient (Wildman–Crippen LogP) is 2.16. The van der Waals surface area contributed by atoms with Crippen LogP contribution in [-0.2, 0) is 33.8 Å². The number of hydrogen-bond acceptors (Lipinski definition) is 4. The van der Waals surface area contributed by atoms with Crippen LogP contribution in [0.15, 0.2) is 48.5 Å². The monoisotopic (exact) mass is 469 g/mol. The minimum absolute atomic E-state index is 0.0281. The summed E-state index contributed by atoms with van der Waals surface area (Å²) in [5, 5.41) is 7.12. The van der Waals surface area contributed by atoms with Crippen LogP contribution in [0.2, 0.25) is 0 Å². The molecule has 0 radical (unpaired) electrons. The Kier molecular flexibility index (Phi) is 8.52. The van der Waals surface area contributed by atoms with E-state index in [0.717, 1.165) is 11.1 Å². The summed E-state index contributed by atoms with van der Waals surface area (Å²) in [6.07, 6.45) is -4.40. The lowest BCUT2D eigenvalue weighted by atomic mass is 9.92. The van der Waals surface area contributed by atoms with Crippen molar-refractivity contribution in [2.45, 2.75) is 44.1 Å². The highest BCUT2D eigenvalue weighted by Gasteiger charge is 2.38. The van der Waals surface area contributed by atoms with Crippen LogP contribution in [0.3, 0.4) is 0 Å². The Morgan fingerprint density at radius 2 is 1.61 bits per heavy atom. The molecule has 2 unspecified atom stereocenters. The van der Waals surface area contributed by atoms with Crippen molar-refractivity contribution in [3.8, 4) is 0 Å². The summed E-state index contributed by atoms with van der Waals surface area (Å²) < 4.78 is 45.5. The van der Waals surface area contributed by atoms with Gasteiger partial charge in [-0.3, -0.25) is 9.59 Å². The standard InChI is InChI=1S/C20H22FN3O2.C2HF3O2/c21-17-8-4-3-6-14(17)9-16(22)11-19(25)24-12-15-7-2-1-5-13(15)10-18(24)20(23)26;3-2(4,5)1(6)7/h1-8,16,18H,9-12,22H2,(H2,23,26);(H,6,7). The summed E-state index contributed by atoms with van der Waals surface area (Å²) >= 11 is 0. The van der Waals surface area contributed by atoms with E-state index < -0.39 is 30.1 Å². The van der Waals surface area contributed by atoms with Crippen molar-refractivity contribution < 1.29 is 37.1 Å². The van der Waals surface area contributed by atoms with Crippen molar-refractivity contribution in [1.82, 2.24) is 4.90 Å². The largest absolute Gasteiger partial charge is 0.490 e. The van der Waals surface area contributed by atoms with E-state index in [2.05, 4.69) is 0 Å². The van der Waals surface area contributed by atoms with Gasteiger partial charge in [-0.15, -0.1) is 0 Å². The maximum absolute atomic E-state index is 13.8. The third kappa shape index (κ3) is 7.28. The van der Waals surface area contributed by atoms with Crippen molar-refractivity contribution in [3.05, 3.63) is 71.0 Å². The number of rotatable bonds is 5. The Balaban J connectivity index is 0.000000479. The number of amides is 2. The molecule has 178 valence electrons. The lowest BCUT2D eigenvalue weighted by molar-refractivity contribution is -0.192. The van der Waals surface area contributed by atoms with Gasteiger partial charge in [-0.2, -0.15) is 13.2 Å². The van der Waals surface area contributed by atoms with E-state index in [0.29, 0.717) is 18.5 Å². The third-order valence-corrected chi connectivity index (χ3v) is 5.02. The predicted molar refractivity (Wildman–Crippen MR) is 110 cm³/mol. The van der Waals surface area contributed by atoms with Crippen LogP contribution >= 0.6 is 0 Å². The van der Waals surface area contributed by atoms with Crippen LogP contribution in [0.25, 0.3) is 0 Å². The number of alkyl halides is 3. The number of hydrogen-bond donors (Lipinski definition) is 3. The SMILES string of the molecule is NC(=O)C1Cc2ccccc2CN1C(=O)CC(N)Cc1ccccc1F.O=C(O)C(F)(F)F. The highest BCUT2D eigenvalue weighted by molar-refractivity contribution is 5.87. The van der Waals surface area contributed by atoms with Crippen molar-refractivity contribution in [2.24, 2.45) is 11.5 Å². The number of fused-ring (bicyclic) bond motifs is 1. The van der Waals surface area contributed by atoms with Gasteiger partial charge in [0.05, 0.1) is 0 Å². The van der Waals surface area contributed by atoms with Gasteiger partial charge in [0, 0.05) is 25.4 Å². The second-order valence-corrected chi connectivity index (χ2v) is 7.48. The van der Waals surface area contributed by atoms with Crippen molar-refractivity contribution >= 4 is 17.8 Å². The zero-order valence-electron chi connectivity index (χ0n) is 17.4. The molecule has 0 spiro atoms. The van der Waals surface area contributed by atoms with E-state index in [1.54, 1.807) is 18.2 Å². The molecule has 5 N–H and O–H groups in total. The van der Waals surface area contributed by atoms with E-state index in [-0.39, 0.29) is 24.6 Å². The molecule has 0 aromatic heterocycles. The summed E-state index contributed by atoms with van der Waals surface area (Å²) in [6.45, 7) is 0.328. The van der Waals surface area contributed by atoms with Crippen molar-refractivity contribution in [1.29, 1.82) is 0 Å². The van der Waals surface area contributed by atoms with Crippen molar-refractivity contribution in [2.75, 3.05) is 0 Å². The molecule has 0 saturated carbocycles. The maximum Gasteiger partial charge on any atom is 0.490 e. The van der Waals surface area contributed by atoms with Gasteiger partial charge in [0.2, 0.25) is 11.8 Å². The minimum Gasteiger partial charge on any atom is -0.475 e. The Labute approximate surface area is 187 Å². The smallest absolute Gasteiger partial charge is 0.475 e. The molecular formula is C22H23F4N3O4. The number of aliphatic carboxylic acids is 1. The lowest BCUT2D eigenvalue weighted by Crippen LogP contribution is -2.52. The molecule has 2 aromatic rings. The minimum atomic E-state index is -5.08. The topological polar surface area (TPSA) is 127 Å². The first kappa shape index (κ1) is 25.8. The Morgan fingerprint density at radius 1 is 1.06 bits per heavy atom. The molecule has 0 saturated heterocycles.